The van der Waals surface area contributed by atoms with E-state index in [1.807, 2.05) is 43.3 Å². The molecule has 5 rings (SSSR count). The van der Waals surface area contributed by atoms with Gasteiger partial charge in [0.25, 0.3) is 0 Å². The van der Waals surface area contributed by atoms with Crippen LogP contribution in [0.25, 0.3) is 11.6 Å². The highest BCUT2D eigenvalue weighted by Crippen LogP contribution is 2.34. The number of aromatic nitrogens is 3. The highest BCUT2D eigenvalue weighted by atomic mass is 16.3. The first-order valence-electron chi connectivity index (χ1n) is 11.8. The van der Waals surface area contributed by atoms with E-state index in [0.717, 1.165) is 42.6 Å². The fourth-order valence-corrected chi connectivity index (χ4v) is 4.40. The van der Waals surface area contributed by atoms with Crippen LogP contribution in [0.2, 0.25) is 0 Å². The summed E-state index contributed by atoms with van der Waals surface area (Å²) in [5, 5.41) is 16.7. The second-order valence-corrected chi connectivity index (χ2v) is 9.12. The number of piperidine rings is 1. The molecule has 1 atom stereocenters. The first-order chi connectivity index (χ1) is 17.0. The van der Waals surface area contributed by atoms with Gasteiger partial charge in [-0.25, -0.2) is 9.98 Å². The molecule has 2 aromatic heterocycles. The van der Waals surface area contributed by atoms with Gasteiger partial charge in [-0.15, -0.1) is 0 Å². The van der Waals surface area contributed by atoms with E-state index >= 15 is 0 Å². The zero-order valence-corrected chi connectivity index (χ0v) is 19.8. The van der Waals surface area contributed by atoms with Crippen LogP contribution in [-0.2, 0) is 4.79 Å². The summed E-state index contributed by atoms with van der Waals surface area (Å²) >= 11 is 0. The lowest BCUT2D eigenvalue weighted by atomic mass is 9.96. The third-order valence-electron chi connectivity index (χ3n) is 6.52. The van der Waals surface area contributed by atoms with Crippen LogP contribution in [0.3, 0.4) is 0 Å². The lowest BCUT2D eigenvalue weighted by molar-refractivity contribution is -0.121. The number of anilines is 2. The number of imidazole rings is 1. The van der Waals surface area contributed by atoms with Crippen molar-refractivity contribution in [3.63, 3.8) is 0 Å². The monoisotopic (exact) mass is 471 g/mol. The zero-order valence-electron chi connectivity index (χ0n) is 19.8. The predicted molar refractivity (Wildman–Crippen MR) is 138 cm³/mol. The van der Waals surface area contributed by atoms with Gasteiger partial charge >= 0.3 is 0 Å². The number of pyridine rings is 1. The molecule has 1 aromatic carbocycles. The van der Waals surface area contributed by atoms with E-state index in [1.54, 1.807) is 18.5 Å². The van der Waals surface area contributed by atoms with Crippen LogP contribution in [0.5, 0.6) is 5.88 Å². The van der Waals surface area contributed by atoms with Crippen molar-refractivity contribution in [1.82, 2.24) is 19.9 Å². The van der Waals surface area contributed by atoms with Crippen molar-refractivity contribution in [1.29, 1.82) is 0 Å². The molecule has 0 radical (unpaired) electrons. The molecule has 1 amide bonds. The molecule has 4 heterocycles. The normalized spacial score (nSPS) is 17.9. The van der Waals surface area contributed by atoms with Crippen molar-refractivity contribution in [3.05, 3.63) is 59.4 Å². The molecule has 2 aliphatic heterocycles. The molecule has 180 valence electrons. The number of aliphatic imine (C=N–C) groups is 1. The summed E-state index contributed by atoms with van der Waals surface area (Å²) in [5.74, 6) is 0.971. The first kappa shape index (κ1) is 22.8. The number of hydrogen-bond acceptors (Lipinski definition) is 7. The molecule has 0 spiro atoms. The van der Waals surface area contributed by atoms with Gasteiger partial charge in [0.15, 0.2) is 5.82 Å². The molecule has 1 saturated heterocycles. The summed E-state index contributed by atoms with van der Waals surface area (Å²) < 4.78 is 0. The molecule has 0 bridgehead atoms. The minimum Gasteiger partial charge on any atom is -0.492 e. The van der Waals surface area contributed by atoms with Gasteiger partial charge in [0.1, 0.15) is 5.69 Å². The lowest BCUT2D eigenvalue weighted by Gasteiger charge is -2.28. The Balaban J connectivity index is 1.31. The first-order valence-corrected chi connectivity index (χ1v) is 11.8. The van der Waals surface area contributed by atoms with Gasteiger partial charge in [-0.1, -0.05) is 30.3 Å². The molecule has 3 aromatic rings. The van der Waals surface area contributed by atoms with Crippen LogP contribution in [-0.4, -0.2) is 57.2 Å². The summed E-state index contributed by atoms with van der Waals surface area (Å²) in [6, 6.07) is 11.9. The summed E-state index contributed by atoms with van der Waals surface area (Å²) in [4.78, 5) is 31.1. The van der Waals surface area contributed by atoms with Gasteiger partial charge in [0.05, 0.1) is 17.9 Å². The van der Waals surface area contributed by atoms with Crippen LogP contribution in [0.15, 0.2) is 47.6 Å². The summed E-state index contributed by atoms with van der Waals surface area (Å²) in [6.07, 6.45) is 6.81. The topological polar surface area (TPSA) is 119 Å². The average molecular weight is 472 g/mol. The maximum absolute atomic E-state index is 12.7. The third-order valence-corrected chi connectivity index (χ3v) is 6.52. The van der Waals surface area contributed by atoms with Gasteiger partial charge in [0, 0.05) is 23.3 Å². The van der Waals surface area contributed by atoms with E-state index in [1.165, 1.54) is 0 Å². The second-order valence-electron chi connectivity index (χ2n) is 9.12. The van der Waals surface area contributed by atoms with Gasteiger partial charge in [-0.2, -0.15) is 4.98 Å². The van der Waals surface area contributed by atoms with Crippen LogP contribution >= 0.6 is 0 Å². The minimum atomic E-state index is -0.109. The van der Waals surface area contributed by atoms with Crippen LogP contribution in [0.4, 0.5) is 17.5 Å². The van der Waals surface area contributed by atoms with Crippen molar-refractivity contribution in [3.8, 4) is 5.88 Å². The second kappa shape index (κ2) is 9.71. The summed E-state index contributed by atoms with van der Waals surface area (Å²) in [7, 11) is 2.08. The fraction of sp³-hybridized carbons (Fsp3) is 0.308. The average Bonchev–Trinajstić information content (AvgIpc) is 3.42. The van der Waals surface area contributed by atoms with Crippen LogP contribution in [0, 0.1) is 5.92 Å². The number of allylic oxidation sites excluding steroid dienone is 1. The Labute approximate surface area is 204 Å². The Morgan fingerprint density at radius 2 is 2.03 bits per heavy atom. The van der Waals surface area contributed by atoms with E-state index in [9.17, 15) is 9.90 Å². The third kappa shape index (κ3) is 5.09. The predicted octanol–water partition coefficient (Wildman–Crippen LogP) is 4.22. The number of amides is 1. The number of carbonyl (C=O) groups is 1. The van der Waals surface area contributed by atoms with Crippen molar-refractivity contribution in [2.45, 2.75) is 25.8 Å². The molecule has 0 saturated carbocycles. The van der Waals surface area contributed by atoms with Crippen molar-refractivity contribution in [2.24, 2.45) is 10.9 Å². The number of fused-ring (bicyclic) bond motifs is 1. The van der Waals surface area contributed by atoms with E-state index in [0.29, 0.717) is 23.1 Å². The number of rotatable bonds is 6. The number of nitrogens with one attached hydrogen (secondary N) is 3. The zero-order chi connectivity index (χ0) is 24.4. The molecule has 4 N–H and O–H groups in total. The molecule has 1 fully saturated rings. The van der Waals surface area contributed by atoms with Crippen molar-refractivity contribution >= 4 is 41.2 Å². The standard InChI is InChI=1S/C26H29N7O2/c1-16(17-6-4-3-5-7-17)29-26-31-22(25(35)32-26)12-19-14-27-23-21(19)13-20(15-28-23)30-24(34)18-8-10-33(2)11-9-18/h3-7,12-16,18,35H,8-11H2,1-2H3,(H,30,34)(H2,29,31,32). The Kier molecular flexibility index (Phi) is 6.33. The Morgan fingerprint density at radius 3 is 2.80 bits per heavy atom. The molecular weight excluding hydrogens is 442 g/mol. The number of aromatic hydroxyl groups is 1. The van der Waals surface area contributed by atoms with Crippen molar-refractivity contribution in [2.75, 3.05) is 30.8 Å². The molecule has 1 unspecified atom stereocenters. The van der Waals surface area contributed by atoms with E-state index < -0.39 is 0 Å². The van der Waals surface area contributed by atoms with Gasteiger partial charge in [-0.05, 0) is 57.6 Å². The molecular formula is C26H29N7O2. The maximum Gasteiger partial charge on any atom is 0.238 e. The van der Waals surface area contributed by atoms with Crippen LogP contribution < -0.4 is 10.6 Å². The number of carbonyl (C=O) groups excluding carboxylic acids is 1. The molecule has 35 heavy (non-hydrogen) atoms. The minimum absolute atomic E-state index is 0.0101. The quantitative estimate of drug-likeness (QED) is 0.427. The number of H-pyrrole nitrogens is 1. The number of hydrogen-bond donors (Lipinski definition) is 4. The van der Waals surface area contributed by atoms with Gasteiger partial charge in [0.2, 0.25) is 17.7 Å². The highest BCUT2D eigenvalue weighted by Gasteiger charge is 2.24. The van der Waals surface area contributed by atoms with E-state index in [-0.39, 0.29) is 23.7 Å². The Bertz CT molecular complexity index is 1270. The number of likely N-dealkylation sites (tertiary alicyclic amines) is 1. The maximum atomic E-state index is 12.7. The SMILES string of the molecule is CC(Nc1nc(O)c(C=C2C=Nc3ncc(NC(=O)C4CCN(C)CC4)cc32)[nH]1)c1ccccc1. The number of aromatic amines is 1. The largest absolute Gasteiger partial charge is 0.492 e. The van der Waals surface area contributed by atoms with E-state index in [4.69, 9.17) is 0 Å². The lowest BCUT2D eigenvalue weighted by Crippen LogP contribution is -2.35. The number of nitrogens with zero attached hydrogens (tertiary/aromatic N) is 4. The fourth-order valence-electron chi connectivity index (χ4n) is 4.40. The smallest absolute Gasteiger partial charge is 0.238 e. The number of benzene rings is 1. The summed E-state index contributed by atoms with van der Waals surface area (Å²) in [5.41, 5.74) is 3.76. The van der Waals surface area contributed by atoms with Crippen LogP contribution in [0.1, 0.15) is 42.6 Å². The molecule has 9 heteroatoms. The Hall–Kier alpha value is -3.98. The molecule has 9 nitrogen and oxygen atoms in total. The Morgan fingerprint density at radius 1 is 1.26 bits per heavy atom. The van der Waals surface area contributed by atoms with Gasteiger partial charge in [-0.3, -0.25) is 4.79 Å². The molecule has 0 aliphatic carbocycles. The van der Waals surface area contributed by atoms with Gasteiger partial charge < -0.3 is 25.6 Å². The molecule has 2 aliphatic rings. The highest BCUT2D eigenvalue weighted by molar-refractivity contribution is 6.21. The van der Waals surface area contributed by atoms with E-state index in [2.05, 4.69) is 42.5 Å². The van der Waals surface area contributed by atoms with Crippen molar-refractivity contribution < 1.29 is 9.90 Å². The summed E-state index contributed by atoms with van der Waals surface area (Å²) in [6.45, 7) is 3.88.